The molecule has 17 heavy (non-hydrogen) atoms. The van der Waals surface area contributed by atoms with E-state index in [0.29, 0.717) is 6.20 Å². The molecule has 1 N–H and O–H groups in total. The summed E-state index contributed by atoms with van der Waals surface area (Å²) in [6.45, 7) is 0. The summed E-state index contributed by atoms with van der Waals surface area (Å²) >= 11 is 2.52. The highest BCUT2D eigenvalue weighted by atomic mass is 79.9. The van der Waals surface area contributed by atoms with Crippen LogP contribution in [0, 0.1) is 0 Å². The first kappa shape index (κ1) is 14.2. The predicted octanol–water partition coefficient (Wildman–Crippen LogP) is 3.16. The monoisotopic (exact) mass is 323 g/mol. The fourth-order valence-corrected chi connectivity index (χ4v) is 1.62. The van der Waals surface area contributed by atoms with Crippen LogP contribution < -0.4 is 0 Å². The van der Waals surface area contributed by atoms with Gasteiger partial charge in [0.2, 0.25) is 0 Å². The standard InChI is InChI=1S/C8H4BrF6NO/c9-5-1-2-16-3-4(5)6(17,7(10,11)12)8(13,14)15/h1-3,17H. The van der Waals surface area contributed by atoms with Gasteiger partial charge in [-0.05, 0) is 6.07 Å². The zero-order valence-corrected chi connectivity index (χ0v) is 9.36. The zero-order chi connectivity index (χ0) is 13.5. The lowest BCUT2D eigenvalue weighted by Gasteiger charge is -2.32. The lowest BCUT2D eigenvalue weighted by atomic mass is 9.94. The van der Waals surface area contributed by atoms with Gasteiger partial charge in [-0.1, -0.05) is 15.9 Å². The summed E-state index contributed by atoms with van der Waals surface area (Å²) in [6, 6.07) is 0.873. The molecule has 1 aromatic rings. The van der Waals surface area contributed by atoms with E-state index in [4.69, 9.17) is 5.11 Å². The number of aromatic nitrogens is 1. The average molecular weight is 324 g/mol. The molecule has 0 fully saturated rings. The molecule has 0 bridgehead atoms. The van der Waals surface area contributed by atoms with Crippen molar-refractivity contribution in [3.63, 3.8) is 0 Å². The molecule has 0 unspecified atom stereocenters. The first-order valence-corrected chi connectivity index (χ1v) is 4.77. The van der Waals surface area contributed by atoms with Gasteiger partial charge in [0.15, 0.2) is 0 Å². The Morgan fingerprint density at radius 1 is 1.06 bits per heavy atom. The van der Waals surface area contributed by atoms with Crippen molar-refractivity contribution in [1.29, 1.82) is 0 Å². The number of alkyl halides is 6. The van der Waals surface area contributed by atoms with Gasteiger partial charge < -0.3 is 5.11 Å². The minimum absolute atomic E-state index is 0.311. The number of pyridine rings is 1. The zero-order valence-electron chi connectivity index (χ0n) is 7.77. The number of aliphatic hydroxyl groups is 1. The molecule has 0 saturated heterocycles. The van der Waals surface area contributed by atoms with Crippen molar-refractivity contribution in [2.24, 2.45) is 0 Å². The van der Waals surface area contributed by atoms with Crippen molar-refractivity contribution in [2.75, 3.05) is 0 Å². The molecule has 1 heterocycles. The maximum Gasteiger partial charge on any atom is 0.430 e. The maximum absolute atomic E-state index is 12.4. The molecule has 1 rings (SSSR count). The second-order valence-corrected chi connectivity index (χ2v) is 3.92. The smallest absolute Gasteiger partial charge is 0.369 e. The third-order valence-corrected chi connectivity index (χ3v) is 2.67. The van der Waals surface area contributed by atoms with E-state index in [9.17, 15) is 26.3 Å². The largest absolute Gasteiger partial charge is 0.430 e. The van der Waals surface area contributed by atoms with Crippen LogP contribution in [0.25, 0.3) is 0 Å². The SMILES string of the molecule is OC(c1cnccc1Br)(C(F)(F)F)C(F)(F)F. The van der Waals surface area contributed by atoms with Crippen molar-refractivity contribution in [2.45, 2.75) is 18.0 Å². The molecule has 0 spiro atoms. The van der Waals surface area contributed by atoms with Crippen molar-refractivity contribution in [3.05, 3.63) is 28.5 Å². The Labute approximate surface area is 99.4 Å². The molecule has 0 amide bonds. The molecule has 2 nitrogen and oxygen atoms in total. The average Bonchev–Trinajstić information content (AvgIpc) is 2.13. The van der Waals surface area contributed by atoms with Crippen LogP contribution in [0.15, 0.2) is 22.9 Å². The third-order valence-electron chi connectivity index (χ3n) is 1.98. The Morgan fingerprint density at radius 3 is 1.88 bits per heavy atom. The Bertz CT molecular complexity index is 401. The molecule has 0 atom stereocenters. The summed E-state index contributed by atoms with van der Waals surface area (Å²) in [6.07, 6.45) is -10.5. The summed E-state index contributed by atoms with van der Waals surface area (Å²) < 4.78 is 74.1. The molecular formula is C8H4BrF6NO. The van der Waals surface area contributed by atoms with Crippen LogP contribution in [0.3, 0.4) is 0 Å². The van der Waals surface area contributed by atoms with Crippen LogP contribution >= 0.6 is 15.9 Å². The Hall–Kier alpha value is -0.830. The second kappa shape index (κ2) is 4.13. The third kappa shape index (κ3) is 2.25. The number of halogens is 7. The maximum atomic E-state index is 12.4. The van der Waals surface area contributed by atoms with Crippen molar-refractivity contribution < 1.29 is 31.4 Å². The number of rotatable bonds is 1. The molecule has 0 saturated carbocycles. The molecule has 96 valence electrons. The molecule has 0 aliphatic rings. The van der Waals surface area contributed by atoms with Crippen molar-refractivity contribution in [3.8, 4) is 0 Å². The summed E-state index contributed by atoms with van der Waals surface area (Å²) in [7, 11) is 0. The van der Waals surface area contributed by atoms with Gasteiger partial charge in [0.1, 0.15) is 0 Å². The van der Waals surface area contributed by atoms with E-state index in [1.165, 1.54) is 0 Å². The van der Waals surface area contributed by atoms with Crippen LogP contribution in [-0.4, -0.2) is 22.4 Å². The van der Waals surface area contributed by atoms with Gasteiger partial charge in [0, 0.05) is 22.4 Å². The van der Waals surface area contributed by atoms with Gasteiger partial charge in [-0.2, -0.15) is 26.3 Å². The van der Waals surface area contributed by atoms with E-state index in [1.807, 2.05) is 0 Å². The van der Waals surface area contributed by atoms with Crippen LogP contribution in [-0.2, 0) is 5.60 Å². The molecule has 1 aromatic heterocycles. The Morgan fingerprint density at radius 2 is 1.53 bits per heavy atom. The van der Waals surface area contributed by atoms with Gasteiger partial charge in [0.05, 0.1) is 0 Å². The van der Waals surface area contributed by atoms with Gasteiger partial charge in [-0.3, -0.25) is 4.98 Å². The highest BCUT2D eigenvalue weighted by Crippen LogP contribution is 2.51. The van der Waals surface area contributed by atoms with Gasteiger partial charge in [-0.15, -0.1) is 0 Å². The predicted molar refractivity (Wildman–Crippen MR) is 47.9 cm³/mol. The van der Waals surface area contributed by atoms with E-state index in [1.54, 1.807) is 0 Å². The molecule has 0 aliphatic heterocycles. The van der Waals surface area contributed by atoms with Crippen LogP contribution in [0.5, 0.6) is 0 Å². The van der Waals surface area contributed by atoms with E-state index in [0.717, 1.165) is 12.3 Å². The molecular weight excluding hydrogens is 320 g/mol. The lowest BCUT2D eigenvalue weighted by Crippen LogP contribution is -2.54. The number of hydrogen-bond acceptors (Lipinski definition) is 2. The second-order valence-electron chi connectivity index (χ2n) is 3.06. The molecule has 0 radical (unpaired) electrons. The molecule has 0 aliphatic carbocycles. The lowest BCUT2D eigenvalue weighted by molar-refractivity contribution is -0.376. The van der Waals surface area contributed by atoms with Crippen LogP contribution in [0.2, 0.25) is 0 Å². The summed E-state index contributed by atoms with van der Waals surface area (Å²) in [4.78, 5) is 3.15. The van der Waals surface area contributed by atoms with E-state index >= 15 is 0 Å². The van der Waals surface area contributed by atoms with Crippen LogP contribution in [0.1, 0.15) is 5.56 Å². The van der Waals surface area contributed by atoms with Crippen molar-refractivity contribution >= 4 is 15.9 Å². The van der Waals surface area contributed by atoms with Gasteiger partial charge >= 0.3 is 12.4 Å². The number of hydrogen-bond donors (Lipinski definition) is 1. The summed E-state index contributed by atoms with van der Waals surface area (Å²) in [5, 5.41) is 9.02. The topological polar surface area (TPSA) is 33.1 Å². The summed E-state index contributed by atoms with van der Waals surface area (Å²) in [5.74, 6) is 0. The number of nitrogens with zero attached hydrogens (tertiary/aromatic N) is 1. The fourth-order valence-electron chi connectivity index (χ4n) is 1.11. The first-order chi connectivity index (χ1) is 7.52. The van der Waals surface area contributed by atoms with Gasteiger partial charge in [-0.25, -0.2) is 0 Å². The Kier molecular flexibility index (Phi) is 3.45. The molecule has 9 heteroatoms. The van der Waals surface area contributed by atoms with Gasteiger partial charge in [0.25, 0.3) is 5.60 Å². The molecule has 0 aromatic carbocycles. The Balaban J connectivity index is 3.53. The quantitative estimate of drug-likeness (QED) is 0.805. The highest BCUT2D eigenvalue weighted by molar-refractivity contribution is 9.10. The van der Waals surface area contributed by atoms with E-state index in [-0.39, 0.29) is 0 Å². The first-order valence-electron chi connectivity index (χ1n) is 3.97. The van der Waals surface area contributed by atoms with Crippen molar-refractivity contribution in [1.82, 2.24) is 4.98 Å². The highest BCUT2D eigenvalue weighted by Gasteiger charge is 2.72. The van der Waals surface area contributed by atoms with Crippen LogP contribution in [0.4, 0.5) is 26.3 Å². The fraction of sp³-hybridized carbons (Fsp3) is 0.375. The van der Waals surface area contributed by atoms with E-state index in [2.05, 4.69) is 20.9 Å². The minimum Gasteiger partial charge on any atom is -0.369 e. The van der Waals surface area contributed by atoms with E-state index < -0.39 is 28.0 Å². The normalized spacial score (nSPS) is 13.9. The summed E-state index contributed by atoms with van der Waals surface area (Å²) in [5.41, 5.74) is -6.35. The minimum atomic E-state index is -5.91.